The van der Waals surface area contributed by atoms with Gasteiger partial charge in [0.2, 0.25) is 0 Å². The highest BCUT2D eigenvalue weighted by Gasteiger charge is 2.25. The van der Waals surface area contributed by atoms with Crippen molar-refractivity contribution in [2.45, 2.75) is 13.0 Å². The largest absolute Gasteiger partial charge is 0.493 e. The fourth-order valence-electron chi connectivity index (χ4n) is 4.54. The molecular formula is C25H23ClN2O2. The van der Waals surface area contributed by atoms with Crippen LogP contribution in [0.25, 0.3) is 32.9 Å². The first-order chi connectivity index (χ1) is 14.6. The molecule has 0 aliphatic carbocycles. The molecule has 2 heterocycles. The molecule has 30 heavy (non-hydrogen) atoms. The molecule has 3 aromatic carbocycles. The van der Waals surface area contributed by atoms with Crippen molar-refractivity contribution in [2.24, 2.45) is 0 Å². The molecule has 0 saturated heterocycles. The molecule has 0 atom stereocenters. The summed E-state index contributed by atoms with van der Waals surface area (Å²) in [4.78, 5) is 7.46. The van der Waals surface area contributed by atoms with E-state index in [1.807, 2.05) is 12.1 Å². The second kappa shape index (κ2) is 7.46. The van der Waals surface area contributed by atoms with E-state index in [1.165, 1.54) is 27.3 Å². The molecule has 1 aromatic heterocycles. The van der Waals surface area contributed by atoms with Crippen LogP contribution in [0.3, 0.4) is 0 Å². The molecule has 0 unspecified atom stereocenters. The highest BCUT2D eigenvalue weighted by Crippen LogP contribution is 2.44. The lowest BCUT2D eigenvalue weighted by molar-refractivity contribution is 0.314. The summed E-state index contributed by atoms with van der Waals surface area (Å²) in [6, 6.07) is 16.7. The maximum atomic E-state index is 6.79. The lowest BCUT2D eigenvalue weighted by Gasteiger charge is -2.29. The number of hydrogen-bond donors (Lipinski definition) is 0. The van der Waals surface area contributed by atoms with E-state index < -0.39 is 0 Å². The molecule has 0 bridgehead atoms. The number of fused-ring (bicyclic) bond motifs is 5. The first-order valence-electron chi connectivity index (χ1n) is 10.0. The number of likely N-dealkylation sites (N-methyl/N-ethyl adjacent to an activating group) is 1. The van der Waals surface area contributed by atoms with E-state index in [1.54, 1.807) is 14.2 Å². The molecule has 4 nitrogen and oxygen atoms in total. The average Bonchev–Trinajstić information content (AvgIpc) is 2.78. The normalized spacial score (nSPS) is 14.1. The number of methoxy groups -OCH3 is 2. The average molecular weight is 419 g/mol. The molecule has 5 heteroatoms. The quantitative estimate of drug-likeness (QED) is 0.399. The van der Waals surface area contributed by atoms with E-state index in [2.05, 4.69) is 48.3 Å². The second-order valence-corrected chi connectivity index (χ2v) is 8.13. The van der Waals surface area contributed by atoms with Crippen molar-refractivity contribution < 1.29 is 9.47 Å². The summed E-state index contributed by atoms with van der Waals surface area (Å²) in [5.74, 6) is 1.15. The number of pyridine rings is 1. The summed E-state index contributed by atoms with van der Waals surface area (Å²) in [5.41, 5.74) is 5.40. The minimum absolute atomic E-state index is 0.528. The van der Waals surface area contributed by atoms with Gasteiger partial charge in [-0.3, -0.25) is 0 Å². The highest BCUT2D eigenvalue weighted by molar-refractivity contribution is 6.35. The molecular weight excluding hydrogens is 396 g/mol. The zero-order valence-corrected chi connectivity index (χ0v) is 18.1. The van der Waals surface area contributed by atoms with Crippen LogP contribution in [0.1, 0.15) is 11.1 Å². The molecule has 0 spiro atoms. The Hall–Kier alpha value is -2.82. The van der Waals surface area contributed by atoms with Crippen LogP contribution in [0.4, 0.5) is 0 Å². The van der Waals surface area contributed by atoms with Gasteiger partial charge in [-0.15, -0.1) is 0 Å². The highest BCUT2D eigenvalue weighted by atomic mass is 35.5. The van der Waals surface area contributed by atoms with Crippen LogP contribution >= 0.6 is 11.6 Å². The van der Waals surface area contributed by atoms with Gasteiger partial charge in [0.15, 0.2) is 11.5 Å². The lowest BCUT2D eigenvalue weighted by Crippen LogP contribution is -2.27. The molecule has 1 aliphatic rings. The van der Waals surface area contributed by atoms with Gasteiger partial charge < -0.3 is 14.4 Å². The van der Waals surface area contributed by atoms with Crippen molar-refractivity contribution in [1.82, 2.24) is 9.88 Å². The minimum Gasteiger partial charge on any atom is -0.493 e. The van der Waals surface area contributed by atoms with Crippen molar-refractivity contribution in [3.05, 3.63) is 64.7 Å². The van der Waals surface area contributed by atoms with Crippen LogP contribution in [0.15, 0.2) is 48.5 Å². The predicted octanol–water partition coefficient (Wildman–Crippen LogP) is 5.71. The van der Waals surface area contributed by atoms with Crippen LogP contribution < -0.4 is 9.47 Å². The third kappa shape index (κ3) is 2.91. The number of benzene rings is 3. The maximum Gasteiger partial charge on any atom is 0.180 e. The predicted molar refractivity (Wildman–Crippen MR) is 123 cm³/mol. The van der Waals surface area contributed by atoms with E-state index in [-0.39, 0.29) is 0 Å². The first-order valence-corrected chi connectivity index (χ1v) is 10.4. The zero-order valence-electron chi connectivity index (χ0n) is 17.3. The zero-order chi connectivity index (χ0) is 20.8. The minimum atomic E-state index is 0.528. The summed E-state index contributed by atoms with van der Waals surface area (Å²) in [6.45, 7) is 1.86. The van der Waals surface area contributed by atoms with Crippen molar-refractivity contribution in [1.29, 1.82) is 0 Å². The van der Waals surface area contributed by atoms with E-state index in [0.717, 1.165) is 36.3 Å². The van der Waals surface area contributed by atoms with Gasteiger partial charge in [0.1, 0.15) is 0 Å². The number of halogens is 1. The van der Waals surface area contributed by atoms with Gasteiger partial charge in [-0.1, -0.05) is 41.9 Å². The standard InChI is InChI=1S/C25H23ClN2O2/c1-28-13-12-17-19(14-28)24(18-9-11-21(29-2)25(30-3)23(18)26)27-20-10-8-15-6-4-5-7-16(15)22(17)20/h4-11H,12-14H2,1-3H3. The van der Waals surface area contributed by atoms with Gasteiger partial charge in [-0.05, 0) is 53.6 Å². The maximum absolute atomic E-state index is 6.79. The topological polar surface area (TPSA) is 34.6 Å². The molecule has 5 rings (SSSR count). The van der Waals surface area contributed by atoms with Crippen molar-refractivity contribution in [3.8, 4) is 22.8 Å². The molecule has 0 fully saturated rings. The van der Waals surface area contributed by atoms with Crippen molar-refractivity contribution >= 4 is 33.3 Å². The Balaban J connectivity index is 1.86. The van der Waals surface area contributed by atoms with Crippen LogP contribution in [-0.2, 0) is 13.0 Å². The first kappa shape index (κ1) is 19.2. The van der Waals surface area contributed by atoms with Gasteiger partial charge in [0.25, 0.3) is 0 Å². The van der Waals surface area contributed by atoms with Gasteiger partial charge in [0, 0.05) is 24.0 Å². The number of ether oxygens (including phenoxy) is 2. The summed E-state index contributed by atoms with van der Waals surface area (Å²) in [7, 11) is 5.37. The van der Waals surface area contributed by atoms with E-state index >= 15 is 0 Å². The Labute approximate surface area is 181 Å². The van der Waals surface area contributed by atoms with Crippen molar-refractivity contribution in [2.75, 3.05) is 27.8 Å². The van der Waals surface area contributed by atoms with E-state index in [0.29, 0.717) is 16.5 Å². The lowest BCUT2D eigenvalue weighted by atomic mass is 9.89. The monoisotopic (exact) mass is 418 g/mol. The number of nitrogens with zero attached hydrogens (tertiary/aromatic N) is 2. The van der Waals surface area contributed by atoms with E-state index in [4.69, 9.17) is 26.1 Å². The van der Waals surface area contributed by atoms with Gasteiger partial charge in [0.05, 0.1) is 30.5 Å². The fraction of sp³-hybridized carbons (Fsp3) is 0.240. The van der Waals surface area contributed by atoms with Gasteiger partial charge in [-0.25, -0.2) is 4.98 Å². The van der Waals surface area contributed by atoms with Gasteiger partial charge in [-0.2, -0.15) is 0 Å². The Morgan fingerprint density at radius 1 is 0.967 bits per heavy atom. The van der Waals surface area contributed by atoms with Crippen LogP contribution in [0.5, 0.6) is 11.5 Å². The fourth-order valence-corrected chi connectivity index (χ4v) is 4.87. The molecule has 0 radical (unpaired) electrons. The molecule has 0 amide bonds. The number of rotatable bonds is 3. The number of hydrogen-bond acceptors (Lipinski definition) is 4. The van der Waals surface area contributed by atoms with Gasteiger partial charge >= 0.3 is 0 Å². The molecule has 0 saturated carbocycles. The van der Waals surface area contributed by atoms with Crippen LogP contribution in [-0.4, -0.2) is 37.7 Å². The summed E-state index contributed by atoms with van der Waals surface area (Å²) in [5, 5.41) is 4.29. The third-order valence-corrected chi connectivity index (χ3v) is 6.38. The smallest absolute Gasteiger partial charge is 0.180 e. The van der Waals surface area contributed by atoms with Crippen LogP contribution in [0.2, 0.25) is 5.02 Å². The molecule has 152 valence electrons. The summed E-state index contributed by atoms with van der Waals surface area (Å²) in [6.07, 6.45) is 0.983. The Bertz CT molecular complexity index is 1290. The van der Waals surface area contributed by atoms with Crippen molar-refractivity contribution in [3.63, 3.8) is 0 Å². The summed E-state index contributed by atoms with van der Waals surface area (Å²) >= 11 is 6.79. The molecule has 4 aromatic rings. The van der Waals surface area contributed by atoms with Crippen LogP contribution in [0, 0.1) is 0 Å². The number of aromatic nitrogens is 1. The molecule has 0 N–H and O–H groups in total. The van der Waals surface area contributed by atoms with E-state index in [9.17, 15) is 0 Å². The Morgan fingerprint density at radius 3 is 2.60 bits per heavy atom. The SMILES string of the molecule is COc1ccc(-c2nc3ccc4ccccc4c3c3c2CN(C)CC3)c(Cl)c1OC. The molecule has 1 aliphatic heterocycles. The second-order valence-electron chi connectivity index (χ2n) is 7.75. The Kier molecular flexibility index (Phi) is 4.76. The summed E-state index contributed by atoms with van der Waals surface area (Å²) < 4.78 is 11.0. The third-order valence-electron chi connectivity index (χ3n) is 6.00. The Morgan fingerprint density at radius 2 is 1.80 bits per heavy atom.